The van der Waals surface area contributed by atoms with Gasteiger partial charge < -0.3 is 0 Å². The van der Waals surface area contributed by atoms with Crippen molar-refractivity contribution < 1.29 is 4.79 Å². The van der Waals surface area contributed by atoms with Crippen LogP contribution in [0.4, 0.5) is 0 Å². The van der Waals surface area contributed by atoms with Gasteiger partial charge >= 0.3 is 0 Å². The Morgan fingerprint density at radius 2 is 1.67 bits per heavy atom. The zero-order chi connectivity index (χ0) is 15.2. The number of hydrogen-bond acceptors (Lipinski definition) is 1. The summed E-state index contributed by atoms with van der Waals surface area (Å²) >= 11 is 0. The number of carbonyl (C=O) groups excluding carboxylic acids is 1. The molecule has 1 heteroatoms. The van der Waals surface area contributed by atoms with Crippen molar-refractivity contribution >= 4 is 5.78 Å². The molecule has 0 radical (unpaired) electrons. The molecule has 0 amide bonds. The lowest BCUT2D eigenvalue weighted by Crippen LogP contribution is -2.32. The van der Waals surface area contributed by atoms with E-state index in [0.29, 0.717) is 11.7 Å². The molecule has 2 rings (SSSR count). The van der Waals surface area contributed by atoms with Gasteiger partial charge in [-0.15, -0.1) is 0 Å². The molecule has 0 aromatic carbocycles. The molecule has 0 N–H and O–H groups in total. The molecule has 21 heavy (non-hydrogen) atoms. The van der Waals surface area contributed by atoms with Gasteiger partial charge in [-0.1, -0.05) is 40.0 Å². The second kappa shape index (κ2) is 8.34. The van der Waals surface area contributed by atoms with Gasteiger partial charge in [-0.3, -0.25) is 4.79 Å². The molecular weight excluding hydrogens is 256 g/mol. The molecule has 0 saturated heterocycles. The standard InChI is InChI=1S/C20H36O/c1-4-6-16-8-13-19(15(3)14-16)17-9-11-18(12-10-17)20(21)7-5-2/h15-19H,4-14H2,1-3H3. The SMILES string of the molecule is CCCC(=O)C1CCC(C2CCC(CCC)CC2C)CC1. The van der Waals surface area contributed by atoms with Crippen LogP contribution in [-0.2, 0) is 4.79 Å². The molecule has 2 aliphatic carbocycles. The first-order valence-electron chi connectivity index (χ1n) is 9.68. The Kier molecular flexibility index (Phi) is 6.76. The van der Waals surface area contributed by atoms with Crippen LogP contribution in [0.1, 0.15) is 91.4 Å². The van der Waals surface area contributed by atoms with Gasteiger partial charge in [0.25, 0.3) is 0 Å². The fourth-order valence-corrected chi connectivity index (χ4v) is 5.22. The lowest BCUT2D eigenvalue weighted by molar-refractivity contribution is -0.124. The first-order chi connectivity index (χ1) is 10.2. The Bertz CT molecular complexity index is 314. The van der Waals surface area contributed by atoms with Crippen LogP contribution in [0, 0.1) is 29.6 Å². The molecule has 0 aliphatic heterocycles. The van der Waals surface area contributed by atoms with Gasteiger partial charge in [0, 0.05) is 12.3 Å². The highest BCUT2D eigenvalue weighted by Gasteiger charge is 2.35. The van der Waals surface area contributed by atoms with Crippen LogP contribution < -0.4 is 0 Å². The van der Waals surface area contributed by atoms with E-state index in [1.807, 2.05) is 0 Å². The summed E-state index contributed by atoms with van der Waals surface area (Å²) in [5.74, 6) is 4.77. The van der Waals surface area contributed by atoms with E-state index >= 15 is 0 Å². The lowest BCUT2D eigenvalue weighted by atomic mass is 9.64. The van der Waals surface area contributed by atoms with Crippen molar-refractivity contribution in [1.29, 1.82) is 0 Å². The van der Waals surface area contributed by atoms with Gasteiger partial charge in [0.05, 0.1) is 0 Å². The summed E-state index contributed by atoms with van der Waals surface area (Å²) in [7, 11) is 0. The monoisotopic (exact) mass is 292 g/mol. The second-order valence-electron chi connectivity index (χ2n) is 7.94. The first kappa shape index (κ1) is 17.0. The lowest BCUT2D eigenvalue weighted by Gasteiger charge is -2.41. The Balaban J connectivity index is 1.78. The summed E-state index contributed by atoms with van der Waals surface area (Å²) in [5, 5.41) is 0. The van der Waals surface area contributed by atoms with Gasteiger partial charge in [-0.25, -0.2) is 0 Å². The van der Waals surface area contributed by atoms with Crippen molar-refractivity contribution in [3.05, 3.63) is 0 Å². The quantitative estimate of drug-likeness (QED) is 0.585. The topological polar surface area (TPSA) is 17.1 Å². The largest absolute Gasteiger partial charge is 0.299 e. The maximum Gasteiger partial charge on any atom is 0.135 e. The van der Waals surface area contributed by atoms with Gasteiger partial charge in [0.2, 0.25) is 0 Å². The van der Waals surface area contributed by atoms with Crippen molar-refractivity contribution in [3.63, 3.8) is 0 Å². The average Bonchev–Trinajstić information content (AvgIpc) is 2.48. The van der Waals surface area contributed by atoms with Gasteiger partial charge in [0.15, 0.2) is 0 Å². The number of ketones is 1. The van der Waals surface area contributed by atoms with Crippen molar-refractivity contribution in [1.82, 2.24) is 0 Å². The Morgan fingerprint density at radius 3 is 2.24 bits per heavy atom. The molecule has 0 aromatic heterocycles. The Morgan fingerprint density at radius 1 is 0.952 bits per heavy atom. The van der Waals surface area contributed by atoms with Crippen molar-refractivity contribution in [2.24, 2.45) is 29.6 Å². The van der Waals surface area contributed by atoms with E-state index < -0.39 is 0 Å². The minimum absolute atomic E-state index is 0.410. The van der Waals surface area contributed by atoms with Gasteiger partial charge in [0.1, 0.15) is 5.78 Å². The number of Topliss-reactive ketones (excluding diaryl/α,β-unsaturated/α-hetero) is 1. The van der Waals surface area contributed by atoms with Crippen molar-refractivity contribution in [3.8, 4) is 0 Å². The summed E-state index contributed by atoms with van der Waals surface area (Å²) in [6.07, 6.45) is 14.1. The summed E-state index contributed by atoms with van der Waals surface area (Å²) in [6, 6.07) is 0. The van der Waals surface area contributed by atoms with E-state index in [0.717, 1.165) is 36.5 Å². The molecule has 3 atom stereocenters. The first-order valence-corrected chi connectivity index (χ1v) is 9.68. The molecule has 0 bridgehead atoms. The van der Waals surface area contributed by atoms with Crippen LogP contribution in [-0.4, -0.2) is 5.78 Å². The predicted molar refractivity (Wildman–Crippen MR) is 90.3 cm³/mol. The normalized spacial score (nSPS) is 37.4. The molecule has 2 fully saturated rings. The van der Waals surface area contributed by atoms with Crippen LogP contribution in [0.5, 0.6) is 0 Å². The fraction of sp³-hybridized carbons (Fsp3) is 0.950. The maximum absolute atomic E-state index is 12.1. The third kappa shape index (κ3) is 4.57. The third-order valence-corrected chi connectivity index (χ3v) is 6.37. The summed E-state index contributed by atoms with van der Waals surface area (Å²) in [5.41, 5.74) is 0. The maximum atomic E-state index is 12.1. The van der Waals surface area contributed by atoms with Crippen LogP contribution in [0.2, 0.25) is 0 Å². The van der Waals surface area contributed by atoms with Crippen LogP contribution in [0.15, 0.2) is 0 Å². The molecule has 0 spiro atoms. The molecule has 122 valence electrons. The highest BCUT2D eigenvalue weighted by atomic mass is 16.1. The fourth-order valence-electron chi connectivity index (χ4n) is 5.22. The van der Waals surface area contributed by atoms with E-state index in [2.05, 4.69) is 20.8 Å². The highest BCUT2D eigenvalue weighted by Crippen LogP contribution is 2.45. The zero-order valence-corrected chi connectivity index (χ0v) is 14.6. The molecule has 1 nitrogen and oxygen atoms in total. The van der Waals surface area contributed by atoms with Gasteiger partial charge in [-0.2, -0.15) is 0 Å². The Labute approximate surface area is 132 Å². The molecule has 2 aliphatic rings. The molecule has 0 aromatic rings. The van der Waals surface area contributed by atoms with E-state index in [-0.39, 0.29) is 0 Å². The summed E-state index contributed by atoms with van der Waals surface area (Å²) < 4.78 is 0. The highest BCUT2D eigenvalue weighted by molar-refractivity contribution is 5.80. The van der Waals surface area contributed by atoms with Crippen molar-refractivity contribution in [2.45, 2.75) is 91.4 Å². The van der Waals surface area contributed by atoms with Crippen molar-refractivity contribution in [2.75, 3.05) is 0 Å². The van der Waals surface area contributed by atoms with Crippen LogP contribution >= 0.6 is 0 Å². The smallest absolute Gasteiger partial charge is 0.135 e. The van der Waals surface area contributed by atoms with E-state index in [1.54, 1.807) is 0 Å². The van der Waals surface area contributed by atoms with E-state index in [9.17, 15) is 4.79 Å². The minimum Gasteiger partial charge on any atom is -0.299 e. The Hall–Kier alpha value is -0.330. The molecule has 3 unspecified atom stereocenters. The number of carbonyl (C=O) groups is 1. The van der Waals surface area contributed by atoms with Crippen LogP contribution in [0.3, 0.4) is 0 Å². The average molecular weight is 293 g/mol. The van der Waals surface area contributed by atoms with Crippen LogP contribution in [0.25, 0.3) is 0 Å². The third-order valence-electron chi connectivity index (χ3n) is 6.37. The minimum atomic E-state index is 0.410. The predicted octanol–water partition coefficient (Wildman–Crippen LogP) is 6.01. The van der Waals surface area contributed by atoms with E-state index in [4.69, 9.17) is 0 Å². The van der Waals surface area contributed by atoms with E-state index in [1.165, 1.54) is 57.8 Å². The zero-order valence-electron chi connectivity index (χ0n) is 14.6. The van der Waals surface area contributed by atoms with Gasteiger partial charge in [-0.05, 0) is 68.6 Å². The number of hydrogen-bond donors (Lipinski definition) is 0. The number of rotatable bonds is 6. The molecular formula is C20H36O. The second-order valence-corrected chi connectivity index (χ2v) is 7.94. The summed E-state index contributed by atoms with van der Waals surface area (Å²) in [4.78, 5) is 12.1. The summed E-state index contributed by atoms with van der Waals surface area (Å²) in [6.45, 7) is 6.95. The molecule has 2 saturated carbocycles. The molecule has 0 heterocycles.